The topological polar surface area (TPSA) is 68.2 Å². The molecule has 1 aliphatic carbocycles. The molecule has 0 saturated heterocycles. The summed E-state index contributed by atoms with van der Waals surface area (Å²) in [5.74, 6) is 0.973. The number of nitrogens with zero attached hydrogens (tertiary/aromatic N) is 3. The van der Waals surface area contributed by atoms with Crippen LogP contribution in [0.15, 0.2) is 24.4 Å². The summed E-state index contributed by atoms with van der Waals surface area (Å²) >= 11 is 0. The van der Waals surface area contributed by atoms with E-state index >= 15 is 0 Å². The lowest BCUT2D eigenvalue weighted by Gasteiger charge is -2.26. The summed E-state index contributed by atoms with van der Waals surface area (Å²) in [6.07, 6.45) is 6.58. The Morgan fingerprint density at radius 2 is 2.06 bits per heavy atom. The van der Waals surface area contributed by atoms with Crippen molar-refractivity contribution in [3.8, 4) is 0 Å². The van der Waals surface area contributed by atoms with Crippen LogP contribution in [0.1, 0.15) is 31.5 Å². The second-order valence-corrected chi connectivity index (χ2v) is 5.04. The highest BCUT2D eigenvalue weighted by Gasteiger charge is 2.18. The maximum Gasteiger partial charge on any atom is 0.160 e. The van der Waals surface area contributed by atoms with Crippen LogP contribution >= 0.6 is 0 Å². The van der Waals surface area contributed by atoms with Crippen LogP contribution in [-0.2, 0) is 6.54 Å². The Morgan fingerprint density at radius 3 is 2.89 bits per heavy atom. The van der Waals surface area contributed by atoms with Crippen LogP contribution in [0.2, 0.25) is 0 Å². The quantitative estimate of drug-likeness (QED) is 0.849. The molecule has 0 atom stereocenters. The van der Waals surface area contributed by atoms with E-state index in [9.17, 15) is 0 Å². The van der Waals surface area contributed by atoms with Crippen molar-refractivity contribution in [2.45, 2.75) is 44.3 Å². The predicted octanol–water partition coefficient (Wildman–Crippen LogP) is 1.09. The normalized spacial score (nSPS) is 24.5. The first-order valence-electron chi connectivity index (χ1n) is 6.60. The molecule has 3 N–H and O–H groups in total. The van der Waals surface area contributed by atoms with Gasteiger partial charge in [0.05, 0.1) is 6.54 Å². The van der Waals surface area contributed by atoms with Gasteiger partial charge in [-0.15, -0.1) is 10.2 Å². The Labute approximate surface area is 106 Å². The van der Waals surface area contributed by atoms with Crippen LogP contribution in [0.25, 0.3) is 5.65 Å². The van der Waals surface area contributed by atoms with E-state index in [1.165, 1.54) is 0 Å². The molecule has 1 aliphatic rings. The summed E-state index contributed by atoms with van der Waals surface area (Å²) in [5, 5.41) is 11.9. The largest absolute Gasteiger partial charge is 0.328 e. The minimum atomic E-state index is 0.400. The van der Waals surface area contributed by atoms with Crippen LogP contribution in [0.4, 0.5) is 0 Å². The number of aromatic nitrogens is 3. The van der Waals surface area contributed by atoms with Gasteiger partial charge in [0.1, 0.15) is 0 Å². The third-order valence-electron chi connectivity index (χ3n) is 3.71. The monoisotopic (exact) mass is 245 g/mol. The molecule has 0 spiro atoms. The van der Waals surface area contributed by atoms with E-state index in [0.29, 0.717) is 12.1 Å². The van der Waals surface area contributed by atoms with Gasteiger partial charge in [0.15, 0.2) is 11.5 Å². The van der Waals surface area contributed by atoms with Crippen LogP contribution in [-0.4, -0.2) is 26.7 Å². The van der Waals surface area contributed by atoms with Gasteiger partial charge in [-0.05, 0) is 37.8 Å². The van der Waals surface area contributed by atoms with Crippen LogP contribution < -0.4 is 11.1 Å². The molecule has 2 heterocycles. The molecule has 0 amide bonds. The molecule has 5 nitrogen and oxygen atoms in total. The Bertz CT molecular complexity index is 513. The highest BCUT2D eigenvalue weighted by molar-refractivity contribution is 5.36. The number of fused-ring (bicyclic) bond motifs is 1. The Kier molecular flexibility index (Phi) is 3.25. The summed E-state index contributed by atoms with van der Waals surface area (Å²) in [7, 11) is 0. The molecular formula is C13H19N5. The first-order valence-corrected chi connectivity index (χ1v) is 6.60. The molecule has 0 bridgehead atoms. The third kappa shape index (κ3) is 2.37. The highest BCUT2D eigenvalue weighted by atomic mass is 15.3. The third-order valence-corrected chi connectivity index (χ3v) is 3.71. The van der Waals surface area contributed by atoms with Crippen LogP contribution in [0, 0.1) is 0 Å². The summed E-state index contributed by atoms with van der Waals surface area (Å²) in [5.41, 5.74) is 6.81. The second kappa shape index (κ2) is 5.04. The zero-order chi connectivity index (χ0) is 12.4. The van der Waals surface area contributed by atoms with E-state index in [2.05, 4.69) is 15.5 Å². The lowest BCUT2D eigenvalue weighted by Crippen LogP contribution is -2.37. The first-order chi connectivity index (χ1) is 8.83. The number of nitrogens with one attached hydrogen (secondary N) is 1. The van der Waals surface area contributed by atoms with E-state index in [1.807, 2.05) is 28.8 Å². The fourth-order valence-electron chi connectivity index (χ4n) is 2.57. The molecule has 1 saturated carbocycles. The molecule has 0 aliphatic heterocycles. The number of hydrogen-bond donors (Lipinski definition) is 2. The Morgan fingerprint density at radius 1 is 1.22 bits per heavy atom. The molecule has 2 aromatic rings. The highest BCUT2D eigenvalue weighted by Crippen LogP contribution is 2.17. The number of hydrogen-bond acceptors (Lipinski definition) is 4. The lowest BCUT2D eigenvalue weighted by atomic mass is 9.92. The molecule has 1 fully saturated rings. The number of rotatable bonds is 3. The zero-order valence-corrected chi connectivity index (χ0v) is 10.4. The second-order valence-electron chi connectivity index (χ2n) is 5.04. The fourth-order valence-corrected chi connectivity index (χ4v) is 2.57. The lowest BCUT2D eigenvalue weighted by molar-refractivity contribution is 0.339. The molecule has 5 heteroatoms. The molecule has 0 aromatic carbocycles. The molecule has 0 radical (unpaired) electrons. The number of pyridine rings is 1. The van der Waals surface area contributed by atoms with Crippen molar-refractivity contribution in [1.29, 1.82) is 0 Å². The fraction of sp³-hybridized carbons (Fsp3) is 0.538. The van der Waals surface area contributed by atoms with Gasteiger partial charge in [0, 0.05) is 18.3 Å². The van der Waals surface area contributed by atoms with Gasteiger partial charge >= 0.3 is 0 Å². The zero-order valence-electron chi connectivity index (χ0n) is 10.4. The summed E-state index contributed by atoms with van der Waals surface area (Å²) < 4.78 is 2.03. The van der Waals surface area contributed by atoms with Crippen molar-refractivity contribution in [2.75, 3.05) is 0 Å². The van der Waals surface area contributed by atoms with E-state index in [4.69, 9.17) is 5.73 Å². The minimum absolute atomic E-state index is 0.400. The minimum Gasteiger partial charge on any atom is -0.328 e. The Hall–Kier alpha value is -1.46. The SMILES string of the molecule is NC1CCC(NCc2nnc3ccccn23)CC1. The van der Waals surface area contributed by atoms with E-state index in [0.717, 1.165) is 43.7 Å². The van der Waals surface area contributed by atoms with E-state index in [1.54, 1.807) is 0 Å². The van der Waals surface area contributed by atoms with Gasteiger partial charge in [0.2, 0.25) is 0 Å². The van der Waals surface area contributed by atoms with Gasteiger partial charge in [-0.3, -0.25) is 4.40 Å². The molecule has 96 valence electrons. The smallest absolute Gasteiger partial charge is 0.160 e. The van der Waals surface area contributed by atoms with Crippen LogP contribution in [0.5, 0.6) is 0 Å². The average molecular weight is 245 g/mol. The maximum absolute atomic E-state index is 5.91. The standard InChI is InChI=1S/C13H19N5/c14-10-4-6-11(7-5-10)15-9-13-17-16-12-3-1-2-8-18(12)13/h1-3,8,10-11,15H,4-7,9,14H2. The predicted molar refractivity (Wildman–Crippen MR) is 70.1 cm³/mol. The number of nitrogens with two attached hydrogens (primary N) is 1. The summed E-state index contributed by atoms with van der Waals surface area (Å²) in [4.78, 5) is 0. The summed E-state index contributed by atoms with van der Waals surface area (Å²) in [6, 6.07) is 6.91. The molecule has 3 rings (SSSR count). The molecular weight excluding hydrogens is 226 g/mol. The van der Waals surface area contributed by atoms with Crippen molar-refractivity contribution in [1.82, 2.24) is 19.9 Å². The maximum atomic E-state index is 5.91. The van der Waals surface area contributed by atoms with E-state index in [-0.39, 0.29) is 0 Å². The molecule has 18 heavy (non-hydrogen) atoms. The van der Waals surface area contributed by atoms with Gasteiger partial charge in [0.25, 0.3) is 0 Å². The average Bonchev–Trinajstić information content (AvgIpc) is 2.82. The van der Waals surface area contributed by atoms with Gasteiger partial charge in [-0.25, -0.2) is 0 Å². The summed E-state index contributed by atoms with van der Waals surface area (Å²) in [6.45, 7) is 0.769. The van der Waals surface area contributed by atoms with Gasteiger partial charge < -0.3 is 11.1 Å². The Balaban J connectivity index is 1.63. The van der Waals surface area contributed by atoms with Crippen molar-refractivity contribution < 1.29 is 0 Å². The van der Waals surface area contributed by atoms with Crippen molar-refractivity contribution >= 4 is 5.65 Å². The molecule has 0 unspecified atom stereocenters. The van der Waals surface area contributed by atoms with Gasteiger partial charge in [-0.2, -0.15) is 0 Å². The van der Waals surface area contributed by atoms with Gasteiger partial charge in [-0.1, -0.05) is 6.07 Å². The van der Waals surface area contributed by atoms with Crippen molar-refractivity contribution in [3.05, 3.63) is 30.2 Å². The molecule has 2 aromatic heterocycles. The van der Waals surface area contributed by atoms with Crippen molar-refractivity contribution in [2.24, 2.45) is 5.73 Å². The van der Waals surface area contributed by atoms with E-state index < -0.39 is 0 Å². The van der Waals surface area contributed by atoms with Crippen molar-refractivity contribution in [3.63, 3.8) is 0 Å². The van der Waals surface area contributed by atoms with Crippen LogP contribution in [0.3, 0.4) is 0 Å². The first kappa shape index (κ1) is 11.6.